The second-order valence-electron chi connectivity index (χ2n) is 3.87. The van der Waals surface area contributed by atoms with Gasteiger partial charge in [-0.3, -0.25) is 0 Å². The molecule has 0 radical (unpaired) electrons. The zero-order valence-electron chi connectivity index (χ0n) is 9.30. The molecule has 0 spiro atoms. The number of hydrogen-bond acceptors (Lipinski definition) is 0. The zero-order valence-corrected chi connectivity index (χ0v) is 9.30. The van der Waals surface area contributed by atoms with E-state index in [1.54, 1.807) is 0 Å². The van der Waals surface area contributed by atoms with Gasteiger partial charge in [-0.15, -0.1) is 0 Å². The summed E-state index contributed by atoms with van der Waals surface area (Å²) in [5.41, 5.74) is 0. The van der Waals surface area contributed by atoms with Crippen molar-refractivity contribution in [3.05, 3.63) is 12.2 Å². The molecule has 0 heteroatoms. The molecule has 0 amide bonds. The largest absolute Gasteiger partial charge is 0.0914 e. The first-order valence-electron chi connectivity index (χ1n) is 5.30. The molecule has 0 fully saturated rings. The molecule has 0 aliphatic carbocycles. The Labute approximate surface area is 78.1 Å². The van der Waals surface area contributed by atoms with Crippen LogP contribution in [0.3, 0.4) is 0 Å². The molecular weight excluding hydrogens is 144 g/mol. The van der Waals surface area contributed by atoms with Crippen molar-refractivity contribution in [2.75, 3.05) is 0 Å². The summed E-state index contributed by atoms with van der Waals surface area (Å²) in [6.07, 6.45) is 7.16. The second kappa shape index (κ2) is 6.28. The lowest BCUT2D eigenvalue weighted by atomic mass is 9.80. The third-order valence-electron chi connectivity index (χ3n) is 3.02. The van der Waals surface area contributed by atoms with Gasteiger partial charge < -0.3 is 0 Å². The van der Waals surface area contributed by atoms with Gasteiger partial charge in [-0.1, -0.05) is 52.7 Å². The minimum absolute atomic E-state index is 0.782. The highest BCUT2D eigenvalue weighted by atomic mass is 14.2. The van der Waals surface area contributed by atoms with Crippen LogP contribution in [0.1, 0.15) is 47.5 Å². The maximum absolute atomic E-state index is 2.38. The molecule has 0 aromatic rings. The van der Waals surface area contributed by atoms with Crippen LogP contribution in [0.5, 0.6) is 0 Å². The molecule has 0 saturated heterocycles. The number of allylic oxidation sites excluding steroid dienone is 2. The Morgan fingerprint density at radius 1 is 1.00 bits per heavy atom. The Hall–Kier alpha value is -0.260. The van der Waals surface area contributed by atoms with Gasteiger partial charge >= 0.3 is 0 Å². The van der Waals surface area contributed by atoms with Gasteiger partial charge in [0, 0.05) is 0 Å². The van der Waals surface area contributed by atoms with Crippen molar-refractivity contribution in [1.29, 1.82) is 0 Å². The summed E-state index contributed by atoms with van der Waals surface area (Å²) in [5, 5.41) is 0. The van der Waals surface area contributed by atoms with E-state index >= 15 is 0 Å². The lowest BCUT2D eigenvalue weighted by molar-refractivity contribution is 0.300. The van der Waals surface area contributed by atoms with Crippen LogP contribution in [0, 0.1) is 17.8 Å². The summed E-state index contributed by atoms with van der Waals surface area (Å²) in [4.78, 5) is 0. The van der Waals surface area contributed by atoms with Crippen molar-refractivity contribution >= 4 is 0 Å². The van der Waals surface area contributed by atoms with Gasteiger partial charge in [-0.2, -0.15) is 0 Å². The first kappa shape index (κ1) is 11.7. The number of rotatable bonds is 5. The molecule has 0 N–H and O–H groups in total. The third kappa shape index (κ3) is 3.42. The van der Waals surface area contributed by atoms with E-state index in [0.29, 0.717) is 0 Å². The van der Waals surface area contributed by atoms with Crippen LogP contribution in [0.15, 0.2) is 12.2 Å². The highest BCUT2D eigenvalue weighted by Gasteiger charge is 2.17. The molecule has 0 aliphatic rings. The van der Waals surface area contributed by atoms with Gasteiger partial charge in [0.1, 0.15) is 0 Å². The normalized spacial score (nSPS) is 19.4. The average molecular weight is 168 g/mol. The van der Waals surface area contributed by atoms with Crippen molar-refractivity contribution in [3.63, 3.8) is 0 Å². The smallest absolute Gasteiger partial charge is 0.0182 e. The van der Waals surface area contributed by atoms with E-state index in [1.165, 1.54) is 12.8 Å². The predicted octanol–water partition coefficient (Wildman–Crippen LogP) is 4.27. The zero-order chi connectivity index (χ0) is 9.56. The van der Waals surface area contributed by atoms with Gasteiger partial charge in [0.05, 0.1) is 0 Å². The molecule has 0 heterocycles. The van der Waals surface area contributed by atoms with Crippen LogP contribution in [-0.4, -0.2) is 0 Å². The third-order valence-corrected chi connectivity index (χ3v) is 3.02. The van der Waals surface area contributed by atoms with Gasteiger partial charge in [0.2, 0.25) is 0 Å². The molecule has 0 aromatic carbocycles. The maximum Gasteiger partial charge on any atom is -0.0182 e. The Kier molecular flexibility index (Phi) is 6.14. The predicted molar refractivity (Wildman–Crippen MR) is 57.2 cm³/mol. The Balaban J connectivity index is 4.20. The molecule has 0 rings (SSSR count). The van der Waals surface area contributed by atoms with Crippen LogP contribution in [0.2, 0.25) is 0 Å². The molecule has 0 aromatic heterocycles. The Bertz CT molecular complexity index is 114. The Morgan fingerprint density at radius 3 is 1.67 bits per heavy atom. The van der Waals surface area contributed by atoms with E-state index < -0.39 is 0 Å². The topological polar surface area (TPSA) is 0 Å². The van der Waals surface area contributed by atoms with E-state index in [1.807, 2.05) is 0 Å². The first-order valence-corrected chi connectivity index (χ1v) is 5.30. The van der Waals surface area contributed by atoms with Crippen molar-refractivity contribution < 1.29 is 0 Å². The van der Waals surface area contributed by atoms with E-state index in [4.69, 9.17) is 0 Å². The van der Waals surface area contributed by atoms with Gasteiger partial charge in [0.15, 0.2) is 0 Å². The molecule has 72 valence electrons. The van der Waals surface area contributed by atoms with Crippen LogP contribution < -0.4 is 0 Å². The minimum Gasteiger partial charge on any atom is -0.0914 e. The lowest BCUT2D eigenvalue weighted by Gasteiger charge is -2.25. The maximum atomic E-state index is 2.38. The van der Waals surface area contributed by atoms with Crippen molar-refractivity contribution in [2.45, 2.75) is 47.5 Å². The lowest BCUT2D eigenvalue weighted by Crippen LogP contribution is -2.16. The summed E-state index contributed by atoms with van der Waals surface area (Å²) in [7, 11) is 0. The van der Waals surface area contributed by atoms with E-state index in [0.717, 1.165) is 17.8 Å². The molecule has 2 unspecified atom stereocenters. The van der Waals surface area contributed by atoms with Crippen LogP contribution in [-0.2, 0) is 0 Å². The molecule has 0 bridgehead atoms. The first-order chi connectivity index (χ1) is 5.67. The molecule has 2 atom stereocenters. The SMILES string of the molecule is CC=CC(C(C)CC)C(C)CC. The molecule has 0 saturated carbocycles. The second-order valence-corrected chi connectivity index (χ2v) is 3.87. The fourth-order valence-electron chi connectivity index (χ4n) is 1.71. The summed E-state index contributed by atoms with van der Waals surface area (Å²) in [5.74, 6) is 2.44. The quantitative estimate of drug-likeness (QED) is 0.538. The van der Waals surface area contributed by atoms with Crippen molar-refractivity contribution in [2.24, 2.45) is 17.8 Å². The standard InChI is InChI=1S/C12H24/c1-6-9-12(10(4)7-2)11(5)8-3/h6,9-12H,7-8H2,1-5H3. The summed E-state index contributed by atoms with van der Waals surface area (Å²) in [6.45, 7) is 11.4. The van der Waals surface area contributed by atoms with E-state index in [-0.39, 0.29) is 0 Å². The van der Waals surface area contributed by atoms with Crippen LogP contribution in [0.4, 0.5) is 0 Å². The molecule has 0 aliphatic heterocycles. The Morgan fingerprint density at radius 2 is 1.42 bits per heavy atom. The number of hydrogen-bond donors (Lipinski definition) is 0. The average Bonchev–Trinajstić information content (AvgIpc) is 2.11. The van der Waals surface area contributed by atoms with Gasteiger partial charge in [0.25, 0.3) is 0 Å². The van der Waals surface area contributed by atoms with Crippen LogP contribution >= 0.6 is 0 Å². The van der Waals surface area contributed by atoms with Gasteiger partial charge in [-0.05, 0) is 24.7 Å². The minimum atomic E-state index is 0.782. The van der Waals surface area contributed by atoms with Gasteiger partial charge in [-0.25, -0.2) is 0 Å². The van der Waals surface area contributed by atoms with E-state index in [9.17, 15) is 0 Å². The summed E-state index contributed by atoms with van der Waals surface area (Å²) >= 11 is 0. The monoisotopic (exact) mass is 168 g/mol. The fraction of sp³-hybridized carbons (Fsp3) is 0.833. The molecule has 12 heavy (non-hydrogen) atoms. The molecular formula is C12H24. The van der Waals surface area contributed by atoms with Crippen LogP contribution in [0.25, 0.3) is 0 Å². The highest BCUT2D eigenvalue weighted by Crippen LogP contribution is 2.26. The highest BCUT2D eigenvalue weighted by molar-refractivity contribution is 4.90. The fourth-order valence-corrected chi connectivity index (χ4v) is 1.71. The van der Waals surface area contributed by atoms with Crippen molar-refractivity contribution in [3.8, 4) is 0 Å². The van der Waals surface area contributed by atoms with E-state index in [2.05, 4.69) is 46.8 Å². The summed E-state index contributed by atoms with van der Waals surface area (Å²) < 4.78 is 0. The van der Waals surface area contributed by atoms with Crippen molar-refractivity contribution in [1.82, 2.24) is 0 Å². The molecule has 0 nitrogen and oxygen atoms in total. The summed E-state index contributed by atoms with van der Waals surface area (Å²) in [6, 6.07) is 0.